The first kappa shape index (κ1) is 19.4. The number of para-hydroxylation sites is 2. The highest BCUT2D eigenvalue weighted by molar-refractivity contribution is 7.99. The number of benzene rings is 2. The van der Waals surface area contributed by atoms with Crippen molar-refractivity contribution < 1.29 is 17.6 Å². The number of fused-ring (bicyclic) bond motifs is 1. The average molecular weight is 406 g/mol. The second kappa shape index (κ2) is 8.12. The molecule has 0 aliphatic carbocycles. The van der Waals surface area contributed by atoms with Crippen LogP contribution in [0.15, 0.2) is 63.1 Å². The molecule has 27 heavy (non-hydrogen) atoms. The lowest BCUT2D eigenvalue weighted by molar-refractivity contribution is -0.113. The molecule has 0 fully saturated rings. The summed E-state index contributed by atoms with van der Waals surface area (Å²) in [5.41, 5.74) is 1.93. The van der Waals surface area contributed by atoms with Gasteiger partial charge < -0.3 is 9.73 Å². The summed E-state index contributed by atoms with van der Waals surface area (Å²) in [7, 11) is -3.55. The van der Waals surface area contributed by atoms with E-state index in [4.69, 9.17) is 4.42 Å². The smallest absolute Gasteiger partial charge is 0.257 e. The lowest BCUT2D eigenvalue weighted by Crippen LogP contribution is -2.30. The topological polar surface area (TPSA) is 101 Å². The predicted molar refractivity (Wildman–Crippen MR) is 105 cm³/mol. The molecule has 3 aromatic rings. The first-order valence-electron chi connectivity index (χ1n) is 8.24. The Kier molecular flexibility index (Phi) is 5.83. The summed E-state index contributed by atoms with van der Waals surface area (Å²) in [6, 6.07) is 13.2. The van der Waals surface area contributed by atoms with Gasteiger partial charge in [0.15, 0.2) is 5.58 Å². The molecule has 0 saturated heterocycles. The van der Waals surface area contributed by atoms with Gasteiger partial charge in [0.05, 0.1) is 10.6 Å². The van der Waals surface area contributed by atoms with Crippen molar-refractivity contribution in [3.05, 3.63) is 48.5 Å². The van der Waals surface area contributed by atoms with Gasteiger partial charge >= 0.3 is 0 Å². The van der Waals surface area contributed by atoms with Crippen LogP contribution in [0.1, 0.15) is 13.8 Å². The van der Waals surface area contributed by atoms with Crippen LogP contribution in [0.5, 0.6) is 0 Å². The molecule has 0 aliphatic heterocycles. The van der Waals surface area contributed by atoms with Gasteiger partial charge in [-0.25, -0.2) is 18.1 Å². The van der Waals surface area contributed by atoms with E-state index in [0.717, 1.165) is 5.52 Å². The molecule has 7 nitrogen and oxygen atoms in total. The molecule has 9 heteroatoms. The monoisotopic (exact) mass is 405 g/mol. The summed E-state index contributed by atoms with van der Waals surface area (Å²) in [5.74, 6) is -0.111. The van der Waals surface area contributed by atoms with Crippen LogP contribution in [-0.4, -0.2) is 31.1 Å². The van der Waals surface area contributed by atoms with Crippen molar-refractivity contribution in [1.82, 2.24) is 9.71 Å². The Morgan fingerprint density at radius 2 is 1.85 bits per heavy atom. The number of hydrogen-bond donors (Lipinski definition) is 2. The van der Waals surface area contributed by atoms with E-state index in [1.807, 2.05) is 24.3 Å². The van der Waals surface area contributed by atoms with E-state index in [1.165, 1.54) is 23.9 Å². The number of anilines is 1. The molecule has 0 saturated carbocycles. The Bertz CT molecular complexity index is 1010. The number of carbonyl (C=O) groups excluding carboxylic acids is 1. The number of aromatic nitrogens is 1. The molecule has 0 radical (unpaired) electrons. The highest BCUT2D eigenvalue weighted by Gasteiger charge is 2.15. The van der Waals surface area contributed by atoms with E-state index in [-0.39, 0.29) is 22.6 Å². The second-order valence-corrected chi connectivity index (χ2v) is 8.73. The molecule has 2 N–H and O–H groups in total. The average Bonchev–Trinajstić information content (AvgIpc) is 3.02. The quantitative estimate of drug-likeness (QED) is 0.585. The highest BCUT2D eigenvalue weighted by Crippen LogP contribution is 2.23. The van der Waals surface area contributed by atoms with Gasteiger partial charge in [-0.05, 0) is 50.2 Å². The second-order valence-electron chi connectivity index (χ2n) is 6.08. The number of hydrogen-bond acceptors (Lipinski definition) is 6. The van der Waals surface area contributed by atoms with Gasteiger partial charge in [0, 0.05) is 11.7 Å². The van der Waals surface area contributed by atoms with Crippen molar-refractivity contribution in [3.8, 4) is 0 Å². The van der Waals surface area contributed by atoms with E-state index in [2.05, 4.69) is 15.0 Å². The highest BCUT2D eigenvalue weighted by atomic mass is 32.2. The Balaban J connectivity index is 1.57. The van der Waals surface area contributed by atoms with Crippen LogP contribution in [-0.2, 0) is 14.8 Å². The maximum Gasteiger partial charge on any atom is 0.257 e. The fourth-order valence-corrected chi connectivity index (χ4v) is 4.22. The number of nitrogens with one attached hydrogen (secondary N) is 2. The van der Waals surface area contributed by atoms with Gasteiger partial charge in [-0.2, -0.15) is 0 Å². The summed E-state index contributed by atoms with van der Waals surface area (Å²) in [6.45, 7) is 3.50. The number of oxazole rings is 1. The third-order valence-corrected chi connectivity index (χ3v) is 5.94. The van der Waals surface area contributed by atoms with Crippen LogP contribution in [0.2, 0.25) is 0 Å². The van der Waals surface area contributed by atoms with Crippen LogP contribution in [0, 0.1) is 0 Å². The fraction of sp³-hybridized carbons (Fsp3) is 0.222. The van der Waals surface area contributed by atoms with Crippen molar-refractivity contribution in [2.75, 3.05) is 11.1 Å². The van der Waals surface area contributed by atoms with Gasteiger partial charge in [-0.15, -0.1) is 0 Å². The molecule has 1 aromatic heterocycles. The van der Waals surface area contributed by atoms with E-state index in [9.17, 15) is 13.2 Å². The van der Waals surface area contributed by atoms with E-state index >= 15 is 0 Å². The number of rotatable bonds is 7. The molecule has 0 bridgehead atoms. The van der Waals surface area contributed by atoms with Crippen molar-refractivity contribution in [3.63, 3.8) is 0 Å². The van der Waals surface area contributed by atoms with Gasteiger partial charge in [-0.1, -0.05) is 23.9 Å². The normalized spacial score (nSPS) is 11.8. The van der Waals surface area contributed by atoms with Crippen molar-refractivity contribution >= 4 is 44.5 Å². The van der Waals surface area contributed by atoms with E-state index in [0.29, 0.717) is 16.5 Å². The number of thioether (sulfide) groups is 1. The maximum absolute atomic E-state index is 12.1. The molecule has 1 amide bonds. The summed E-state index contributed by atoms with van der Waals surface area (Å²) >= 11 is 1.19. The molecule has 3 rings (SSSR count). The fourth-order valence-electron chi connectivity index (χ4n) is 2.33. The minimum absolute atomic E-state index is 0.127. The molecule has 0 unspecified atom stereocenters. The molecular formula is C18H19N3O4S2. The Labute approximate surface area is 161 Å². The maximum atomic E-state index is 12.1. The molecule has 0 spiro atoms. The Hall–Kier alpha value is -2.36. The number of nitrogens with zero attached hydrogens (tertiary/aromatic N) is 1. The SMILES string of the molecule is CC(C)NS(=O)(=O)c1ccc(NC(=O)CSc2nc3ccccc3o2)cc1. The predicted octanol–water partition coefficient (Wildman–Crippen LogP) is 3.25. The van der Waals surface area contributed by atoms with Gasteiger partial charge in [0.25, 0.3) is 5.22 Å². The number of carbonyl (C=O) groups is 1. The summed E-state index contributed by atoms with van der Waals surface area (Å²) in [5, 5.41) is 3.14. The van der Waals surface area contributed by atoms with Crippen LogP contribution in [0.3, 0.4) is 0 Å². The van der Waals surface area contributed by atoms with Gasteiger partial charge in [0.1, 0.15) is 5.52 Å². The van der Waals surface area contributed by atoms with Crippen molar-refractivity contribution in [2.45, 2.75) is 30.0 Å². The zero-order chi connectivity index (χ0) is 19.4. The molecular weight excluding hydrogens is 386 g/mol. The first-order chi connectivity index (χ1) is 12.8. The zero-order valence-electron chi connectivity index (χ0n) is 14.8. The molecule has 0 atom stereocenters. The number of sulfonamides is 1. The van der Waals surface area contributed by atoms with E-state index < -0.39 is 10.0 Å². The molecule has 1 heterocycles. The largest absolute Gasteiger partial charge is 0.431 e. The Morgan fingerprint density at radius 1 is 1.15 bits per heavy atom. The standard InChI is InChI=1S/C18H19N3O4S2/c1-12(2)21-27(23,24)14-9-7-13(8-10-14)19-17(22)11-26-18-20-15-5-3-4-6-16(15)25-18/h3-10,12,21H,11H2,1-2H3,(H,19,22). The van der Waals surface area contributed by atoms with Crippen LogP contribution < -0.4 is 10.0 Å². The molecule has 0 aliphatic rings. The lowest BCUT2D eigenvalue weighted by Gasteiger charge is -2.10. The van der Waals surface area contributed by atoms with E-state index in [1.54, 1.807) is 26.0 Å². The first-order valence-corrected chi connectivity index (χ1v) is 10.7. The van der Waals surface area contributed by atoms with Crippen LogP contribution in [0.4, 0.5) is 5.69 Å². The van der Waals surface area contributed by atoms with Crippen molar-refractivity contribution in [1.29, 1.82) is 0 Å². The van der Waals surface area contributed by atoms with Gasteiger partial charge in [0.2, 0.25) is 15.9 Å². The van der Waals surface area contributed by atoms with Crippen molar-refractivity contribution in [2.24, 2.45) is 0 Å². The number of amides is 1. The minimum Gasteiger partial charge on any atom is -0.431 e. The van der Waals surface area contributed by atoms with Crippen LogP contribution >= 0.6 is 11.8 Å². The minimum atomic E-state index is -3.55. The molecule has 142 valence electrons. The Morgan fingerprint density at radius 3 is 2.52 bits per heavy atom. The summed E-state index contributed by atoms with van der Waals surface area (Å²) < 4.78 is 32.2. The third kappa shape index (κ3) is 5.09. The van der Waals surface area contributed by atoms with Gasteiger partial charge in [-0.3, -0.25) is 4.79 Å². The summed E-state index contributed by atoms with van der Waals surface area (Å²) in [4.78, 5) is 16.5. The summed E-state index contributed by atoms with van der Waals surface area (Å²) in [6.07, 6.45) is 0. The molecule has 2 aromatic carbocycles. The third-order valence-electron chi connectivity index (χ3n) is 3.44. The lowest BCUT2D eigenvalue weighted by atomic mass is 10.3. The van der Waals surface area contributed by atoms with Crippen LogP contribution in [0.25, 0.3) is 11.1 Å². The zero-order valence-corrected chi connectivity index (χ0v) is 16.4.